The number of nitrogens with zero attached hydrogens (tertiary/aromatic N) is 1. The van der Waals surface area contributed by atoms with E-state index < -0.39 is 52.9 Å². The number of carbonyl (C=O) groups is 5. The van der Waals surface area contributed by atoms with Crippen LogP contribution >= 0.6 is 0 Å². The monoisotopic (exact) mass is 680 g/mol. The molecule has 1 heterocycles. The van der Waals surface area contributed by atoms with Crippen molar-refractivity contribution in [2.75, 3.05) is 32.7 Å². The number of esters is 2. The van der Waals surface area contributed by atoms with Gasteiger partial charge in [0.15, 0.2) is 11.5 Å². The molecule has 0 saturated carbocycles. The van der Waals surface area contributed by atoms with E-state index in [1.54, 1.807) is 65.3 Å². The van der Waals surface area contributed by atoms with Crippen molar-refractivity contribution >= 4 is 35.4 Å². The lowest BCUT2D eigenvalue weighted by Gasteiger charge is -2.36. The van der Waals surface area contributed by atoms with Crippen molar-refractivity contribution in [1.82, 2.24) is 4.90 Å². The summed E-state index contributed by atoms with van der Waals surface area (Å²) in [5, 5.41) is 2.72. The van der Waals surface area contributed by atoms with Crippen LogP contribution in [0, 0.1) is 5.41 Å². The minimum absolute atomic E-state index is 0.193. The predicted octanol–water partition coefficient (Wildman–Crippen LogP) is 5.97. The molecule has 0 bridgehead atoms. The molecule has 0 aromatic heterocycles. The number of ether oxygens (including phenoxy) is 5. The molecule has 266 valence electrons. The number of amides is 2. The van der Waals surface area contributed by atoms with E-state index in [9.17, 15) is 24.0 Å². The first-order valence-corrected chi connectivity index (χ1v) is 16.2. The van der Waals surface area contributed by atoms with Crippen LogP contribution in [0.2, 0.25) is 0 Å². The number of nitrogens with one attached hydrogen (secondary N) is 1. The lowest BCUT2D eigenvalue weighted by atomic mass is 9.87. The summed E-state index contributed by atoms with van der Waals surface area (Å²) in [4.78, 5) is 66.1. The Bertz CT molecular complexity index is 1530. The predicted molar refractivity (Wildman–Crippen MR) is 182 cm³/mol. The Hall–Kier alpha value is -4.87. The summed E-state index contributed by atoms with van der Waals surface area (Å²) in [5.74, 6) is -1.85. The maximum atomic E-state index is 13.9. The van der Waals surface area contributed by atoms with Gasteiger partial charge < -0.3 is 28.6 Å². The molecule has 12 nitrogen and oxygen atoms in total. The Morgan fingerprint density at radius 2 is 1.69 bits per heavy atom. The van der Waals surface area contributed by atoms with Crippen molar-refractivity contribution in [3.63, 3.8) is 0 Å². The number of rotatable bonds is 14. The Labute approximate surface area is 288 Å². The average molecular weight is 681 g/mol. The van der Waals surface area contributed by atoms with Gasteiger partial charge in [0.05, 0.1) is 19.6 Å². The molecule has 12 heteroatoms. The highest BCUT2D eigenvalue weighted by Gasteiger charge is 2.42. The smallest absolute Gasteiger partial charge is 0.412 e. The van der Waals surface area contributed by atoms with Crippen LogP contribution in [0.4, 0.5) is 10.5 Å². The molecule has 0 spiro atoms. The lowest BCUT2D eigenvalue weighted by Crippen LogP contribution is -2.53. The molecule has 1 fully saturated rings. The summed E-state index contributed by atoms with van der Waals surface area (Å²) in [6.45, 7) is 11.5. The molecule has 1 aliphatic rings. The van der Waals surface area contributed by atoms with E-state index >= 15 is 0 Å². The van der Waals surface area contributed by atoms with Gasteiger partial charge >= 0.3 is 18.0 Å². The zero-order valence-corrected chi connectivity index (χ0v) is 29.5. The molecule has 2 aromatic carbocycles. The number of piperidine rings is 1. The summed E-state index contributed by atoms with van der Waals surface area (Å²) in [5.41, 5.74) is -0.0720. The number of aryl methyl sites for hydroxylation is 1. The second-order valence-corrected chi connectivity index (χ2v) is 13.4. The van der Waals surface area contributed by atoms with E-state index in [1.165, 1.54) is 18.7 Å². The number of likely N-dealkylation sites (tertiary alicyclic amines) is 1. The van der Waals surface area contributed by atoms with Gasteiger partial charge in [0.2, 0.25) is 5.78 Å². The van der Waals surface area contributed by atoms with Crippen molar-refractivity contribution in [2.24, 2.45) is 5.41 Å². The molecule has 0 unspecified atom stereocenters. The Morgan fingerprint density at radius 3 is 2.35 bits per heavy atom. The Balaban J connectivity index is 1.88. The average Bonchev–Trinajstić information content (AvgIpc) is 3.07. The van der Waals surface area contributed by atoms with Crippen molar-refractivity contribution < 1.29 is 47.7 Å². The number of Topliss-reactive ketones (excluding diaryl/α,β-unsaturated/α-hetero) is 1. The molecular weight excluding hydrogens is 632 g/mol. The number of hydrogen-bond acceptors (Lipinski definition) is 10. The number of benzene rings is 2. The summed E-state index contributed by atoms with van der Waals surface area (Å²) in [6.07, 6.45) is 1.96. The van der Waals surface area contributed by atoms with E-state index in [0.717, 1.165) is 11.6 Å². The SMILES string of the molecule is C=CC(=O)OCC(C)(C)C(=O)C(=O)N1CCCC[C@H]1C(=O)O[C@H](CCc1ccc(OC)c(OC)c1)c1cccc(NC(=O)OC(C)(C)C)c1. The third kappa shape index (κ3) is 11.1. The van der Waals surface area contributed by atoms with Crippen LogP contribution in [-0.2, 0) is 39.8 Å². The fourth-order valence-electron chi connectivity index (χ4n) is 5.30. The van der Waals surface area contributed by atoms with E-state index in [-0.39, 0.29) is 13.2 Å². The number of methoxy groups -OCH3 is 2. The second-order valence-electron chi connectivity index (χ2n) is 13.4. The molecule has 2 atom stereocenters. The van der Waals surface area contributed by atoms with Gasteiger partial charge in [-0.25, -0.2) is 14.4 Å². The van der Waals surface area contributed by atoms with Crippen LogP contribution < -0.4 is 14.8 Å². The van der Waals surface area contributed by atoms with E-state index in [1.807, 2.05) is 12.1 Å². The molecule has 0 radical (unpaired) electrons. The molecule has 1 aliphatic heterocycles. The van der Waals surface area contributed by atoms with E-state index in [4.69, 9.17) is 23.7 Å². The number of anilines is 1. The van der Waals surface area contributed by atoms with Gasteiger partial charge in [-0.15, -0.1) is 0 Å². The zero-order valence-electron chi connectivity index (χ0n) is 29.5. The fraction of sp³-hybridized carbons (Fsp3) is 0.486. The summed E-state index contributed by atoms with van der Waals surface area (Å²) in [7, 11) is 3.10. The molecule has 0 aliphatic carbocycles. The molecule has 1 N–H and O–H groups in total. The van der Waals surface area contributed by atoms with Gasteiger partial charge in [0, 0.05) is 18.3 Å². The first-order valence-electron chi connectivity index (χ1n) is 16.2. The van der Waals surface area contributed by atoms with Crippen LogP contribution in [0.25, 0.3) is 0 Å². The van der Waals surface area contributed by atoms with Crippen molar-refractivity contribution in [3.05, 3.63) is 66.2 Å². The minimum atomic E-state index is -1.33. The topological polar surface area (TPSA) is 147 Å². The van der Waals surface area contributed by atoms with Gasteiger partial charge in [-0.3, -0.25) is 14.9 Å². The molecule has 3 rings (SSSR count). The largest absolute Gasteiger partial charge is 0.493 e. The third-order valence-corrected chi connectivity index (χ3v) is 7.89. The Morgan fingerprint density at radius 1 is 0.980 bits per heavy atom. The Kier molecular flexibility index (Phi) is 13.4. The highest BCUT2D eigenvalue weighted by atomic mass is 16.6. The van der Waals surface area contributed by atoms with E-state index in [0.29, 0.717) is 54.9 Å². The van der Waals surface area contributed by atoms with Gasteiger partial charge in [0.25, 0.3) is 5.91 Å². The highest BCUT2D eigenvalue weighted by molar-refractivity contribution is 6.38. The van der Waals surface area contributed by atoms with Gasteiger partial charge in [-0.05, 0) is 102 Å². The summed E-state index contributed by atoms with van der Waals surface area (Å²) in [6, 6.07) is 11.5. The normalized spacial score (nSPS) is 15.3. The second kappa shape index (κ2) is 17.0. The van der Waals surface area contributed by atoms with Gasteiger partial charge in [-0.1, -0.05) is 24.8 Å². The highest BCUT2D eigenvalue weighted by Crippen LogP contribution is 2.32. The fourth-order valence-corrected chi connectivity index (χ4v) is 5.30. The quantitative estimate of drug-likeness (QED) is 0.110. The third-order valence-electron chi connectivity index (χ3n) is 7.89. The van der Waals surface area contributed by atoms with Crippen LogP contribution in [0.15, 0.2) is 55.1 Å². The molecular formula is C37H48N2O10. The van der Waals surface area contributed by atoms with E-state index in [2.05, 4.69) is 11.9 Å². The van der Waals surface area contributed by atoms with Gasteiger partial charge in [0.1, 0.15) is 24.4 Å². The van der Waals surface area contributed by atoms with Crippen molar-refractivity contribution in [1.29, 1.82) is 0 Å². The van der Waals surface area contributed by atoms with Crippen molar-refractivity contribution in [3.8, 4) is 11.5 Å². The minimum Gasteiger partial charge on any atom is -0.493 e. The molecule has 2 aromatic rings. The standard InChI is InChI=1S/C37H48N2O10/c1-9-31(40)47-23-37(5,6)32(41)33(42)39-20-11-10-15-27(39)34(43)48-28(18-16-24-17-19-29(45-7)30(21-24)46-8)25-13-12-14-26(22-25)38-35(44)49-36(2,3)4/h9,12-14,17,19,21-22,27-28H,1,10-11,15-16,18,20,23H2,2-8H3,(H,38,44)/t27-,28+/m0/s1. The van der Waals surface area contributed by atoms with Crippen LogP contribution in [-0.4, -0.2) is 73.6 Å². The summed E-state index contributed by atoms with van der Waals surface area (Å²) >= 11 is 0. The zero-order chi connectivity index (χ0) is 36.4. The number of ketones is 1. The summed E-state index contributed by atoms with van der Waals surface area (Å²) < 4.78 is 27.4. The van der Waals surface area contributed by atoms with Crippen LogP contribution in [0.5, 0.6) is 11.5 Å². The maximum Gasteiger partial charge on any atom is 0.412 e. The lowest BCUT2D eigenvalue weighted by molar-refractivity contribution is -0.165. The van der Waals surface area contributed by atoms with Crippen molar-refractivity contribution in [2.45, 2.75) is 84.5 Å². The molecule has 49 heavy (non-hydrogen) atoms. The molecule has 2 amide bonds. The first kappa shape index (κ1) is 38.6. The number of carbonyl (C=O) groups excluding carboxylic acids is 5. The number of hydrogen-bond donors (Lipinski definition) is 1. The van der Waals surface area contributed by atoms with Gasteiger partial charge in [-0.2, -0.15) is 0 Å². The molecule has 1 saturated heterocycles. The maximum absolute atomic E-state index is 13.9. The first-order chi connectivity index (χ1) is 23.1. The van der Waals surface area contributed by atoms with Crippen LogP contribution in [0.1, 0.15) is 77.5 Å². The van der Waals surface area contributed by atoms with Crippen LogP contribution in [0.3, 0.4) is 0 Å².